The van der Waals surface area contributed by atoms with Crippen LogP contribution in [0.25, 0.3) is 17.1 Å². The minimum absolute atomic E-state index is 0.199. The van der Waals surface area contributed by atoms with Crippen LogP contribution < -0.4 is 5.32 Å². The van der Waals surface area contributed by atoms with Gasteiger partial charge in [0.15, 0.2) is 0 Å². The van der Waals surface area contributed by atoms with E-state index in [0.29, 0.717) is 17.1 Å². The molecular weight excluding hydrogens is 318 g/mol. The van der Waals surface area contributed by atoms with E-state index >= 15 is 0 Å². The number of carbonyl (C=O) groups excluding carboxylic acids is 1. The molecule has 0 radical (unpaired) electrons. The summed E-state index contributed by atoms with van der Waals surface area (Å²) in [5.41, 5.74) is 2.83. The molecule has 1 amide bonds. The molecule has 0 saturated heterocycles. The number of hydrogen-bond donors (Lipinski definition) is 1. The van der Waals surface area contributed by atoms with E-state index in [1.807, 2.05) is 36.5 Å². The van der Waals surface area contributed by atoms with E-state index in [9.17, 15) is 4.79 Å². The predicted molar refractivity (Wildman–Crippen MR) is 91.3 cm³/mol. The fraction of sp³-hybridized carbons (Fsp3) is 0. The second-order valence-corrected chi connectivity index (χ2v) is 5.28. The summed E-state index contributed by atoms with van der Waals surface area (Å²) in [7, 11) is 0. The summed E-state index contributed by atoms with van der Waals surface area (Å²) in [6.07, 6.45) is 4.82. The van der Waals surface area contributed by atoms with Crippen LogP contribution in [0.5, 0.6) is 0 Å². The molecule has 0 atom stereocenters. The van der Waals surface area contributed by atoms with Gasteiger partial charge in [0, 0.05) is 29.2 Å². The third-order valence-corrected chi connectivity index (χ3v) is 3.63. The first-order valence-electron chi connectivity index (χ1n) is 7.58. The van der Waals surface area contributed by atoms with E-state index in [-0.39, 0.29) is 5.91 Å². The molecule has 0 unspecified atom stereocenters. The molecule has 0 fully saturated rings. The van der Waals surface area contributed by atoms with Gasteiger partial charge in [-0.05, 0) is 48.5 Å². The van der Waals surface area contributed by atoms with Crippen LogP contribution in [0, 0.1) is 0 Å². The number of nitrogens with zero attached hydrogens (tertiary/aromatic N) is 4. The zero-order valence-electron chi connectivity index (χ0n) is 13.0. The Morgan fingerprint density at radius 3 is 2.68 bits per heavy atom. The van der Waals surface area contributed by atoms with Crippen molar-refractivity contribution >= 4 is 11.6 Å². The average molecular weight is 331 g/mol. The molecule has 0 bridgehead atoms. The van der Waals surface area contributed by atoms with Gasteiger partial charge in [-0.2, -0.15) is 5.10 Å². The van der Waals surface area contributed by atoms with Crippen molar-refractivity contribution in [2.24, 2.45) is 0 Å². The number of aromatic nitrogens is 4. The summed E-state index contributed by atoms with van der Waals surface area (Å²) in [5, 5.41) is 14.5. The fourth-order valence-corrected chi connectivity index (χ4v) is 2.42. The van der Waals surface area contributed by atoms with E-state index in [4.69, 9.17) is 4.42 Å². The van der Waals surface area contributed by atoms with Crippen LogP contribution in [-0.4, -0.2) is 25.9 Å². The molecule has 0 aliphatic carbocycles. The van der Waals surface area contributed by atoms with Crippen LogP contribution in [0.15, 0.2) is 77.8 Å². The predicted octanol–water partition coefficient (Wildman–Crippen LogP) is 3.17. The topological polar surface area (TPSA) is 85.8 Å². The minimum Gasteiger partial charge on any atom is -0.423 e. The maximum absolute atomic E-state index is 12.4. The maximum atomic E-state index is 12.4. The van der Waals surface area contributed by atoms with Gasteiger partial charge in [0.2, 0.25) is 12.3 Å². The summed E-state index contributed by atoms with van der Waals surface area (Å²) in [6.45, 7) is 0. The lowest BCUT2D eigenvalue weighted by molar-refractivity contribution is 0.102. The number of anilines is 1. The molecule has 0 spiro atoms. The second kappa shape index (κ2) is 6.40. The van der Waals surface area contributed by atoms with E-state index in [2.05, 4.69) is 20.6 Å². The van der Waals surface area contributed by atoms with Gasteiger partial charge in [0.05, 0.1) is 5.69 Å². The van der Waals surface area contributed by atoms with Crippen molar-refractivity contribution in [2.75, 3.05) is 5.32 Å². The summed E-state index contributed by atoms with van der Waals surface area (Å²) in [5.74, 6) is 0.203. The molecule has 2 aromatic carbocycles. The molecule has 0 saturated carbocycles. The van der Waals surface area contributed by atoms with Crippen molar-refractivity contribution in [2.45, 2.75) is 0 Å². The molecule has 0 aliphatic heterocycles. The molecule has 0 aliphatic rings. The first-order chi connectivity index (χ1) is 12.3. The Kier molecular flexibility index (Phi) is 3.80. The Bertz CT molecular complexity index is 977. The highest BCUT2D eigenvalue weighted by Crippen LogP contribution is 2.21. The molecule has 2 heterocycles. The zero-order chi connectivity index (χ0) is 17.1. The third kappa shape index (κ3) is 3.16. The average Bonchev–Trinajstić information content (AvgIpc) is 3.36. The van der Waals surface area contributed by atoms with E-state index in [1.54, 1.807) is 35.1 Å². The highest BCUT2D eigenvalue weighted by atomic mass is 16.4. The second-order valence-electron chi connectivity index (χ2n) is 5.28. The van der Waals surface area contributed by atoms with E-state index in [1.165, 1.54) is 6.39 Å². The Hall–Kier alpha value is -3.74. The van der Waals surface area contributed by atoms with Crippen molar-refractivity contribution < 1.29 is 9.21 Å². The third-order valence-electron chi connectivity index (χ3n) is 3.63. The molecule has 122 valence electrons. The number of carbonyl (C=O) groups is 1. The highest BCUT2D eigenvalue weighted by Gasteiger charge is 2.09. The molecule has 7 nitrogen and oxygen atoms in total. The van der Waals surface area contributed by atoms with Crippen LogP contribution in [-0.2, 0) is 0 Å². The largest absolute Gasteiger partial charge is 0.423 e. The Labute approximate surface area is 142 Å². The normalized spacial score (nSPS) is 10.6. The lowest BCUT2D eigenvalue weighted by Gasteiger charge is -2.07. The Balaban J connectivity index is 1.51. The molecule has 25 heavy (non-hydrogen) atoms. The monoisotopic (exact) mass is 331 g/mol. The van der Waals surface area contributed by atoms with Crippen LogP contribution in [0.4, 0.5) is 5.69 Å². The van der Waals surface area contributed by atoms with Gasteiger partial charge in [-0.1, -0.05) is 6.07 Å². The molecule has 1 N–H and O–H groups in total. The number of rotatable bonds is 4. The summed E-state index contributed by atoms with van der Waals surface area (Å²) in [4.78, 5) is 12.4. The van der Waals surface area contributed by atoms with Gasteiger partial charge in [0.1, 0.15) is 0 Å². The SMILES string of the molecule is O=C(Nc1cccc(-c2nnco2)c1)c1ccc(-n2cccn2)cc1. The first kappa shape index (κ1) is 14.8. The van der Waals surface area contributed by atoms with Crippen molar-refractivity contribution in [1.82, 2.24) is 20.0 Å². The van der Waals surface area contributed by atoms with Crippen LogP contribution in [0.3, 0.4) is 0 Å². The number of hydrogen-bond acceptors (Lipinski definition) is 5. The summed E-state index contributed by atoms with van der Waals surface area (Å²) in [6, 6.07) is 16.3. The molecule has 4 aromatic rings. The standard InChI is InChI=1S/C18H13N5O2/c24-17(13-5-7-16(8-6-13)23-10-2-9-20-23)21-15-4-1-3-14(11-15)18-22-19-12-25-18/h1-12H,(H,21,24). The van der Waals surface area contributed by atoms with Gasteiger partial charge in [-0.15, -0.1) is 10.2 Å². The summed E-state index contributed by atoms with van der Waals surface area (Å²) < 4.78 is 6.90. The molecular formula is C18H13N5O2. The van der Waals surface area contributed by atoms with Gasteiger partial charge < -0.3 is 9.73 Å². The van der Waals surface area contributed by atoms with E-state index in [0.717, 1.165) is 11.3 Å². The van der Waals surface area contributed by atoms with E-state index < -0.39 is 0 Å². The van der Waals surface area contributed by atoms with Gasteiger partial charge in [-0.3, -0.25) is 4.79 Å². The fourth-order valence-electron chi connectivity index (χ4n) is 2.42. The lowest BCUT2D eigenvalue weighted by Crippen LogP contribution is -2.12. The molecule has 7 heteroatoms. The van der Waals surface area contributed by atoms with Gasteiger partial charge >= 0.3 is 0 Å². The van der Waals surface area contributed by atoms with Crippen molar-refractivity contribution in [3.63, 3.8) is 0 Å². The van der Waals surface area contributed by atoms with Crippen molar-refractivity contribution in [3.05, 3.63) is 78.9 Å². The zero-order valence-corrected chi connectivity index (χ0v) is 13.0. The number of nitrogens with one attached hydrogen (secondary N) is 1. The minimum atomic E-state index is -0.199. The number of amides is 1. The van der Waals surface area contributed by atoms with Crippen molar-refractivity contribution in [1.29, 1.82) is 0 Å². The van der Waals surface area contributed by atoms with Crippen molar-refractivity contribution in [3.8, 4) is 17.1 Å². The lowest BCUT2D eigenvalue weighted by atomic mass is 10.1. The van der Waals surface area contributed by atoms with Gasteiger partial charge in [-0.25, -0.2) is 4.68 Å². The summed E-state index contributed by atoms with van der Waals surface area (Å²) >= 11 is 0. The molecule has 2 aromatic heterocycles. The Morgan fingerprint density at radius 2 is 1.96 bits per heavy atom. The quantitative estimate of drug-likeness (QED) is 0.621. The van der Waals surface area contributed by atoms with Gasteiger partial charge in [0.25, 0.3) is 5.91 Å². The smallest absolute Gasteiger partial charge is 0.255 e. The first-order valence-corrected chi connectivity index (χ1v) is 7.58. The Morgan fingerprint density at radius 1 is 1.08 bits per heavy atom. The van der Waals surface area contributed by atoms with Crippen LogP contribution >= 0.6 is 0 Å². The highest BCUT2D eigenvalue weighted by molar-refractivity contribution is 6.04. The van der Waals surface area contributed by atoms with Crippen LogP contribution in [0.1, 0.15) is 10.4 Å². The van der Waals surface area contributed by atoms with Crippen LogP contribution in [0.2, 0.25) is 0 Å². The molecule has 4 rings (SSSR count). The maximum Gasteiger partial charge on any atom is 0.255 e. The number of benzene rings is 2.